The molecular formula is C14H19N3S. The average Bonchev–Trinajstić information content (AvgIpc) is 2.81. The third-order valence-electron chi connectivity index (χ3n) is 3.26. The molecule has 0 aliphatic rings. The minimum Gasteiger partial charge on any atom is -0.320 e. The molecule has 1 aromatic heterocycles. The van der Waals surface area contributed by atoms with E-state index in [4.69, 9.17) is 5.73 Å². The van der Waals surface area contributed by atoms with Crippen LogP contribution in [0.15, 0.2) is 18.2 Å². The third-order valence-corrected chi connectivity index (χ3v) is 4.08. The standard InChI is InChI=1S/C14H19N3S/c1-8(2)13-14(18-17-16-13)12(15)11-6-5-9(3)10(4)7-11/h5-8,12H,15H2,1-4H3. The van der Waals surface area contributed by atoms with Crippen molar-refractivity contribution in [3.8, 4) is 0 Å². The molecule has 1 atom stereocenters. The Hall–Kier alpha value is -1.26. The van der Waals surface area contributed by atoms with Gasteiger partial charge in [-0.2, -0.15) is 0 Å². The summed E-state index contributed by atoms with van der Waals surface area (Å²) in [4.78, 5) is 1.08. The van der Waals surface area contributed by atoms with Gasteiger partial charge in [-0.1, -0.05) is 36.5 Å². The van der Waals surface area contributed by atoms with Crippen molar-refractivity contribution in [2.45, 2.75) is 39.7 Å². The Morgan fingerprint density at radius 1 is 1.17 bits per heavy atom. The fourth-order valence-corrected chi connectivity index (χ4v) is 2.77. The van der Waals surface area contributed by atoms with Gasteiger partial charge in [0.05, 0.1) is 16.6 Å². The second kappa shape index (κ2) is 5.16. The molecule has 0 fully saturated rings. The number of aromatic nitrogens is 2. The van der Waals surface area contributed by atoms with E-state index < -0.39 is 0 Å². The highest BCUT2D eigenvalue weighted by molar-refractivity contribution is 7.05. The number of hydrogen-bond donors (Lipinski definition) is 1. The number of rotatable bonds is 3. The Labute approximate surface area is 112 Å². The molecule has 0 aliphatic carbocycles. The van der Waals surface area contributed by atoms with Gasteiger partial charge >= 0.3 is 0 Å². The molecule has 1 unspecified atom stereocenters. The second-order valence-electron chi connectivity index (χ2n) is 5.00. The number of nitrogens with zero attached hydrogens (tertiary/aromatic N) is 2. The summed E-state index contributed by atoms with van der Waals surface area (Å²) in [7, 11) is 0. The highest BCUT2D eigenvalue weighted by Gasteiger charge is 2.19. The van der Waals surface area contributed by atoms with Gasteiger partial charge in [-0.15, -0.1) is 5.10 Å². The molecule has 1 aromatic carbocycles. The van der Waals surface area contributed by atoms with E-state index in [2.05, 4.69) is 55.5 Å². The normalized spacial score (nSPS) is 13.0. The van der Waals surface area contributed by atoms with Crippen LogP contribution < -0.4 is 5.73 Å². The quantitative estimate of drug-likeness (QED) is 0.922. The Bertz CT molecular complexity index is 546. The summed E-state index contributed by atoms with van der Waals surface area (Å²) in [5.41, 5.74) is 11.1. The number of aryl methyl sites for hydroxylation is 2. The van der Waals surface area contributed by atoms with E-state index in [0.717, 1.165) is 16.1 Å². The summed E-state index contributed by atoms with van der Waals surface area (Å²) >= 11 is 1.40. The lowest BCUT2D eigenvalue weighted by Gasteiger charge is -2.14. The molecule has 0 amide bonds. The minimum absolute atomic E-state index is 0.123. The molecule has 4 heteroatoms. The van der Waals surface area contributed by atoms with Crippen LogP contribution in [0.3, 0.4) is 0 Å². The Balaban J connectivity index is 2.38. The van der Waals surface area contributed by atoms with E-state index in [1.165, 1.54) is 22.7 Å². The van der Waals surface area contributed by atoms with Crippen molar-refractivity contribution in [2.24, 2.45) is 5.73 Å². The van der Waals surface area contributed by atoms with Gasteiger partial charge in [-0.3, -0.25) is 0 Å². The number of hydrogen-bond acceptors (Lipinski definition) is 4. The van der Waals surface area contributed by atoms with E-state index in [0.29, 0.717) is 5.92 Å². The fourth-order valence-electron chi connectivity index (χ4n) is 1.93. The van der Waals surface area contributed by atoms with E-state index in [1.54, 1.807) is 0 Å². The Kier molecular flexibility index (Phi) is 3.78. The largest absolute Gasteiger partial charge is 0.320 e. The highest BCUT2D eigenvalue weighted by atomic mass is 32.1. The highest BCUT2D eigenvalue weighted by Crippen LogP contribution is 2.29. The zero-order chi connectivity index (χ0) is 13.3. The SMILES string of the molecule is Cc1ccc(C(N)c2snnc2C(C)C)cc1C. The molecule has 0 spiro atoms. The molecule has 0 radical (unpaired) electrons. The van der Waals surface area contributed by atoms with Gasteiger partial charge in [0.1, 0.15) is 0 Å². The molecule has 1 heterocycles. The molecule has 3 nitrogen and oxygen atoms in total. The van der Waals surface area contributed by atoms with Crippen LogP contribution in [0, 0.1) is 13.8 Å². The molecule has 0 aliphatic heterocycles. The Morgan fingerprint density at radius 2 is 1.89 bits per heavy atom. The predicted molar refractivity (Wildman–Crippen MR) is 75.9 cm³/mol. The molecule has 2 aromatic rings. The molecule has 0 saturated heterocycles. The van der Waals surface area contributed by atoms with Gasteiger partial charge in [0.2, 0.25) is 0 Å². The van der Waals surface area contributed by atoms with E-state index in [1.807, 2.05) is 0 Å². The lowest BCUT2D eigenvalue weighted by Crippen LogP contribution is -2.13. The zero-order valence-electron chi connectivity index (χ0n) is 11.3. The summed E-state index contributed by atoms with van der Waals surface area (Å²) in [6.07, 6.45) is 0. The van der Waals surface area contributed by atoms with Crippen molar-refractivity contribution in [3.63, 3.8) is 0 Å². The maximum atomic E-state index is 6.35. The van der Waals surface area contributed by atoms with Crippen LogP contribution in [0.4, 0.5) is 0 Å². The number of nitrogens with two attached hydrogens (primary N) is 1. The lowest BCUT2D eigenvalue weighted by atomic mass is 9.98. The van der Waals surface area contributed by atoms with Gasteiger partial charge in [0.25, 0.3) is 0 Å². The van der Waals surface area contributed by atoms with Gasteiger partial charge in [-0.25, -0.2) is 0 Å². The van der Waals surface area contributed by atoms with Gasteiger partial charge in [0, 0.05) is 0 Å². The second-order valence-corrected chi connectivity index (χ2v) is 5.78. The van der Waals surface area contributed by atoms with Crippen LogP contribution >= 0.6 is 11.5 Å². The summed E-state index contributed by atoms with van der Waals surface area (Å²) in [5.74, 6) is 0.358. The summed E-state index contributed by atoms with van der Waals surface area (Å²) < 4.78 is 4.04. The van der Waals surface area contributed by atoms with Gasteiger partial charge in [0.15, 0.2) is 0 Å². The Morgan fingerprint density at radius 3 is 2.50 bits per heavy atom. The molecule has 18 heavy (non-hydrogen) atoms. The van der Waals surface area contributed by atoms with Crippen molar-refractivity contribution in [1.29, 1.82) is 0 Å². The van der Waals surface area contributed by atoms with Crippen molar-refractivity contribution < 1.29 is 0 Å². The predicted octanol–water partition coefficient (Wildman–Crippen LogP) is 3.33. The van der Waals surface area contributed by atoms with Crippen LogP contribution in [-0.2, 0) is 0 Å². The first-order chi connectivity index (χ1) is 8.50. The molecule has 2 rings (SSSR count). The maximum Gasteiger partial charge on any atom is 0.0832 e. The minimum atomic E-state index is -0.123. The van der Waals surface area contributed by atoms with Crippen LogP contribution in [0.25, 0.3) is 0 Å². The first-order valence-electron chi connectivity index (χ1n) is 6.15. The fraction of sp³-hybridized carbons (Fsp3) is 0.429. The van der Waals surface area contributed by atoms with Crippen molar-refractivity contribution >= 4 is 11.5 Å². The number of benzene rings is 1. The third kappa shape index (κ3) is 2.44. The van der Waals surface area contributed by atoms with Crippen LogP contribution in [0.5, 0.6) is 0 Å². The van der Waals surface area contributed by atoms with Crippen LogP contribution in [-0.4, -0.2) is 9.59 Å². The van der Waals surface area contributed by atoms with Gasteiger partial charge < -0.3 is 5.73 Å². The molecule has 0 bridgehead atoms. The summed E-state index contributed by atoms with van der Waals surface area (Å²) in [6, 6.07) is 6.25. The summed E-state index contributed by atoms with van der Waals surface area (Å²) in [6.45, 7) is 8.46. The zero-order valence-corrected chi connectivity index (χ0v) is 12.1. The van der Waals surface area contributed by atoms with Crippen LogP contribution in [0.1, 0.15) is 53.1 Å². The van der Waals surface area contributed by atoms with Crippen molar-refractivity contribution in [2.75, 3.05) is 0 Å². The van der Waals surface area contributed by atoms with Crippen LogP contribution in [0.2, 0.25) is 0 Å². The van der Waals surface area contributed by atoms with Crippen molar-refractivity contribution in [1.82, 2.24) is 9.59 Å². The topological polar surface area (TPSA) is 51.8 Å². The van der Waals surface area contributed by atoms with Crippen molar-refractivity contribution in [3.05, 3.63) is 45.5 Å². The van der Waals surface area contributed by atoms with E-state index in [9.17, 15) is 0 Å². The van der Waals surface area contributed by atoms with E-state index in [-0.39, 0.29) is 6.04 Å². The first kappa shape index (κ1) is 13.2. The summed E-state index contributed by atoms with van der Waals surface area (Å²) in [5, 5.41) is 4.19. The molecular weight excluding hydrogens is 242 g/mol. The smallest absolute Gasteiger partial charge is 0.0832 e. The van der Waals surface area contributed by atoms with E-state index >= 15 is 0 Å². The maximum absolute atomic E-state index is 6.35. The average molecular weight is 261 g/mol. The lowest BCUT2D eigenvalue weighted by molar-refractivity contribution is 0.770. The molecule has 0 saturated carbocycles. The molecule has 96 valence electrons. The monoisotopic (exact) mass is 261 g/mol. The van der Waals surface area contributed by atoms with Gasteiger partial charge in [-0.05, 0) is 48.0 Å². The molecule has 2 N–H and O–H groups in total. The first-order valence-corrected chi connectivity index (χ1v) is 6.93.